The summed E-state index contributed by atoms with van der Waals surface area (Å²) < 4.78 is 0. The quantitative estimate of drug-likeness (QED) is 0.304. The molecule has 0 bridgehead atoms. The lowest BCUT2D eigenvalue weighted by atomic mass is 9.76. The molecule has 0 radical (unpaired) electrons. The van der Waals surface area contributed by atoms with E-state index in [-0.39, 0.29) is 17.7 Å². The molecule has 0 saturated heterocycles. The monoisotopic (exact) mass is 474 g/mol. The Morgan fingerprint density at radius 1 is 0.871 bits per heavy atom. The second-order valence-corrected chi connectivity index (χ2v) is 7.54. The van der Waals surface area contributed by atoms with Crippen LogP contribution in [0.15, 0.2) is 78.9 Å². The smallest absolute Gasteiger partial charge is 0.131 e. The fraction of sp³-hybridized carbons (Fsp3) is 0.160. The fourth-order valence-corrected chi connectivity index (χ4v) is 4.09. The number of aliphatic hydroxyl groups excluding tert-OH is 1. The third kappa shape index (κ3) is 5.13. The summed E-state index contributed by atoms with van der Waals surface area (Å²) in [6, 6.07) is 27.7. The van der Waals surface area contributed by atoms with Crippen LogP contribution < -0.4 is 5.73 Å². The molecule has 0 saturated carbocycles. The number of nitrogens with zero attached hydrogens (tertiary/aromatic N) is 1. The molecule has 4 aromatic rings. The first-order valence-electron chi connectivity index (χ1n) is 9.62. The lowest BCUT2D eigenvalue weighted by molar-refractivity contribution is 0.399. The predicted molar refractivity (Wildman–Crippen MR) is 136 cm³/mol. The maximum absolute atomic E-state index is 7.00. The topological polar surface area (TPSA) is 59.1 Å². The Balaban J connectivity index is 0.000000527. The Labute approximate surface area is 199 Å². The molecule has 1 aliphatic carbocycles. The van der Waals surface area contributed by atoms with Gasteiger partial charge in [0.15, 0.2) is 0 Å². The molecular formula is C25H25Cl3N2O. The standard InChI is InChI=1S/C23H18N2.CH2Cl2.CH4O.ClH/c24-23-19-13-7-6-12-18(19)21-20(15-8-2-1-3-9-15)14-16-10-4-5-11-17(16)22(21)25-23;2-1-3;1-2;/h1-13,20H,14H2,(H2,24,25);1H2;2H,1H3;1H. The molecule has 3 N–H and O–H groups in total. The van der Waals surface area contributed by atoms with E-state index < -0.39 is 0 Å². The number of fused-ring (bicyclic) bond motifs is 5. The molecule has 3 aromatic carbocycles. The molecule has 162 valence electrons. The van der Waals surface area contributed by atoms with Crippen LogP contribution in [-0.4, -0.2) is 22.5 Å². The van der Waals surface area contributed by atoms with Crippen molar-refractivity contribution >= 4 is 52.2 Å². The Morgan fingerprint density at radius 2 is 1.42 bits per heavy atom. The summed E-state index contributed by atoms with van der Waals surface area (Å²) in [5, 5.41) is 9.45. The van der Waals surface area contributed by atoms with Crippen molar-refractivity contribution in [3.8, 4) is 11.3 Å². The van der Waals surface area contributed by atoms with Crippen molar-refractivity contribution in [2.75, 3.05) is 18.2 Å². The maximum Gasteiger partial charge on any atom is 0.131 e. The number of benzene rings is 3. The van der Waals surface area contributed by atoms with Crippen molar-refractivity contribution in [3.63, 3.8) is 0 Å². The molecule has 1 atom stereocenters. The largest absolute Gasteiger partial charge is 0.400 e. The number of alkyl halides is 2. The molecule has 0 fully saturated rings. The van der Waals surface area contributed by atoms with Crippen molar-refractivity contribution < 1.29 is 5.11 Å². The summed E-state index contributed by atoms with van der Waals surface area (Å²) >= 11 is 9.53. The molecule has 5 rings (SSSR count). The molecule has 1 unspecified atom stereocenters. The number of nitrogen functional groups attached to an aromatic ring is 1. The van der Waals surface area contributed by atoms with E-state index in [1.54, 1.807) is 0 Å². The molecule has 0 aliphatic heterocycles. The predicted octanol–water partition coefficient (Wildman–Crippen LogP) is 6.62. The van der Waals surface area contributed by atoms with Crippen LogP contribution in [0.5, 0.6) is 0 Å². The minimum Gasteiger partial charge on any atom is -0.400 e. The van der Waals surface area contributed by atoms with Gasteiger partial charge in [-0.05, 0) is 28.5 Å². The van der Waals surface area contributed by atoms with Gasteiger partial charge in [-0.2, -0.15) is 0 Å². The van der Waals surface area contributed by atoms with Gasteiger partial charge in [-0.15, -0.1) is 35.6 Å². The van der Waals surface area contributed by atoms with Gasteiger partial charge >= 0.3 is 0 Å². The van der Waals surface area contributed by atoms with Gasteiger partial charge in [-0.3, -0.25) is 0 Å². The van der Waals surface area contributed by atoms with Crippen LogP contribution in [0.3, 0.4) is 0 Å². The maximum atomic E-state index is 7.00. The number of aromatic nitrogens is 1. The molecule has 0 amide bonds. The number of nitrogens with two attached hydrogens (primary N) is 1. The van der Waals surface area contributed by atoms with Gasteiger partial charge in [0.05, 0.1) is 11.0 Å². The number of aliphatic hydroxyl groups is 1. The summed E-state index contributed by atoms with van der Waals surface area (Å²) in [7, 11) is 1.00. The fourth-order valence-electron chi connectivity index (χ4n) is 4.09. The van der Waals surface area contributed by atoms with Crippen LogP contribution in [0, 0.1) is 0 Å². The summed E-state index contributed by atoms with van der Waals surface area (Å²) in [4.78, 5) is 4.84. The second-order valence-electron chi connectivity index (χ2n) is 6.73. The zero-order valence-corrected chi connectivity index (χ0v) is 19.5. The van der Waals surface area contributed by atoms with Gasteiger partial charge in [0.2, 0.25) is 0 Å². The first-order valence-corrected chi connectivity index (χ1v) is 10.7. The lowest BCUT2D eigenvalue weighted by Gasteiger charge is -2.29. The number of pyridine rings is 1. The van der Waals surface area contributed by atoms with Gasteiger partial charge in [-0.1, -0.05) is 78.9 Å². The van der Waals surface area contributed by atoms with Crippen molar-refractivity contribution in [3.05, 3.63) is 95.6 Å². The van der Waals surface area contributed by atoms with Crippen LogP contribution in [0.25, 0.3) is 22.0 Å². The zero-order chi connectivity index (χ0) is 21.5. The zero-order valence-electron chi connectivity index (χ0n) is 17.1. The van der Waals surface area contributed by atoms with Gasteiger partial charge < -0.3 is 10.8 Å². The molecule has 0 spiro atoms. The van der Waals surface area contributed by atoms with E-state index in [0.717, 1.165) is 24.6 Å². The first-order chi connectivity index (χ1) is 14.7. The van der Waals surface area contributed by atoms with Crippen molar-refractivity contribution in [2.24, 2.45) is 0 Å². The van der Waals surface area contributed by atoms with Crippen LogP contribution in [0.2, 0.25) is 0 Å². The number of hydrogen-bond donors (Lipinski definition) is 2. The number of anilines is 1. The molecule has 6 heteroatoms. The average molecular weight is 476 g/mol. The van der Waals surface area contributed by atoms with Crippen molar-refractivity contribution in [1.82, 2.24) is 4.98 Å². The first kappa shape index (κ1) is 25.0. The molecule has 1 heterocycles. The number of hydrogen-bond acceptors (Lipinski definition) is 3. The van der Waals surface area contributed by atoms with E-state index >= 15 is 0 Å². The Hall–Kier alpha value is -2.30. The summed E-state index contributed by atoms with van der Waals surface area (Å²) in [5.74, 6) is 0.905. The van der Waals surface area contributed by atoms with Gasteiger partial charge in [-0.25, -0.2) is 4.98 Å². The SMILES string of the molecule is CO.Cl.ClCCl.Nc1nc2c(c3ccccc13)C(c1ccccc1)Cc1ccccc1-2. The van der Waals surface area contributed by atoms with Gasteiger partial charge in [0.25, 0.3) is 0 Å². The molecule has 1 aliphatic rings. The molecule has 3 nitrogen and oxygen atoms in total. The van der Waals surface area contributed by atoms with E-state index in [1.165, 1.54) is 27.6 Å². The highest BCUT2D eigenvalue weighted by molar-refractivity contribution is 6.40. The van der Waals surface area contributed by atoms with E-state index in [1.807, 2.05) is 6.07 Å². The highest BCUT2D eigenvalue weighted by Crippen LogP contribution is 2.45. The summed E-state index contributed by atoms with van der Waals surface area (Å²) in [5.41, 5.74) is 12.5. The van der Waals surface area contributed by atoms with Crippen LogP contribution in [-0.2, 0) is 6.42 Å². The highest BCUT2D eigenvalue weighted by Gasteiger charge is 2.29. The molecule has 31 heavy (non-hydrogen) atoms. The van der Waals surface area contributed by atoms with E-state index in [4.69, 9.17) is 39.0 Å². The van der Waals surface area contributed by atoms with Crippen LogP contribution in [0.1, 0.15) is 22.6 Å². The van der Waals surface area contributed by atoms with Gasteiger partial charge in [0, 0.05) is 24.0 Å². The molecule has 1 aromatic heterocycles. The van der Waals surface area contributed by atoms with E-state index in [0.29, 0.717) is 11.7 Å². The minimum atomic E-state index is 0. The van der Waals surface area contributed by atoms with Crippen LogP contribution >= 0.6 is 35.6 Å². The Morgan fingerprint density at radius 3 is 2.10 bits per heavy atom. The normalized spacial score (nSPS) is 13.4. The third-order valence-electron chi connectivity index (χ3n) is 5.23. The third-order valence-corrected chi connectivity index (χ3v) is 5.23. The molecular weight excluding hydrogens is 451 g/mol. The summed E-state index contributed by atoms with van der Waals surface area (Å²) in [6.07, 6.45) is 0.989. The van der Waals surface area contributed by atoms with E-state index in [2.05, 4.69) is 72.8 Å². The number of halogens is 3. The van der Waals surface area contributed by atoms with Crippen LogP contribution in [0.4, 0.5) is 5.82 Å². The second kappa shape index (κ2) is 11.9. The number of rotatable bonds is 1. The van der Waals surface area contributed by atoms with Crippen molar-refractivity contribution in [1.29, 1.82) is 0 Å². The highest BCUT2D eigenvalue weighted by atomic mass is 35.5. The average Bonchev–Trinajstić information content (AvgIpc) is 2.81. The van der Waals surface area contributed by atoms with Gasteiger partial charge in [0.1, 0.15) is 5.82 Å². The minimum absolute atomic E-state index is 0. The van der Waals surface area contributed by atoms with E-state index in [9.17, 15) is 0 Å². The Bertz CT molecular complexity index is 1120. The summed E-state index contributed by atoms with van der Waals surface area (Å²) in [6.45, 7) is 0. The van der Waals surface area contributed by atoms with Crippen molar-refractivity contribution in [2.45, 2.75) is 12.3 Å². The lowest BCUT2D eigenvalue weighted by Crippen LogP contribution is -2.15. The Kier molecular flexibility index (Phi) is 9.60.